The number of likely N-dealkylation sites (tertiary alicyclic amines) is 1. The highest BCUT2D eigenvalue weighted by Gasteiger charge is 2.44. The van der Waals surface area contributed by atoms with Crippen molar-refractivity contribution >= 4 is 5.91 Å². The Kier molecular flexibility index (Phi) is 4.68. The highest BCUT2D eigenvalue weighted by Crippen LogP contribution is 2.47. The van der Waals surface area contributed by atoms with Gasteiger partial charge < -0.3 is 5.32 Å². The van der Waals surface area contributed by atoms with E-state index in [4.69, 9.17) is 0 Å². The fourth-order valence-corrected chi connectivity index (χ4v) is 4.80. The summed E-state index contributed by atoms with van der Waals surface area (Å²) in [6, 6.07) is 10.7. The lowest BCUT2D eigenvalue weighted by Gasteiger charge is -2.43. The van der Waals surface area contributed by atoms with Crippen molar-refractivity contribution in [3.8, 4) is 0 Å². The SMILES string of the molecule is O=C(CN1CCC[C@]2(CC=CCC2)C1)NCC1(c2ccccc2)CC1. The van der Waals surface area contributed by atoms with E-state index >= 15 is 0 Å². The minimum absolute atomic E-state index is 0.200. The molecule has 134 valence electrons. The first-order chi connectivity index (χ1) is 12.2. The van der Waals surface area contributed by atoms with Gasteiger partial charge in [0.15, 0.2) is 0 Å². The first kappa shape index (κ1) is 16.8. The Morgan fingerprint density at radius 1 is 1.08 bits per heavy atom. The molecular formula is C22H30N2O. The standard InChI is InChI=1S/C22H30N2O/c25-20(23-17-22(13-14-22)19-8-3-1-4-9-19)16-24-15-7-12-21(18-24)10-5-2-6-11-21/h1-5,8-9H,6-7,10-18H2,(H,23,25)/t21-/m1/s1. The molecule has 1 heterocycles. The van der Waals surface area contributed by atoms with Crippen LogP contribution in [0.15, 0.2) is 42.5 Å². The average Bonchev–Trinajstić information content (AvgIpc) is 3.43. The van der Waals surface area contributed by atoms with E-state index in [1.165, 1.54) is 50.5 Å². The maximum atomic E-state index is 12.5. The molecule has 3 aliphatic rings. The first-order valence-corrected chi connectivity index (χ1v) is 9.90. The molecule has 1 aromatic carbocycles. The molecule has 1 spiro atoms. The van der Waals surface area contributed by atoms with Crippen LogP contribution in [0.2, 0.25) is 0 Å². The summed E-state index contributed by atoms with van der Waals surface area (Å²) in [5.74, 6) is 0.200. The molecule has 2 fully saturated rings. The Labute approximate surface area is 151 Å². The normalized spacial score (nSPS) is 28.0. The Bertz CT molecular complexity index is 635. The summed E-state index contributed by atoms with van der Waals surface area (Å²) in [6.45, 7) is 3.52. The lowest BCUT2D eigenvalue weighted by molar-refractivity contribution is -0.123. The minimum Gasteiger partial charge on any atom is -0.354 e. The monoisotopic (exact) mass is 338 g/mol. The quantitative estimate of drug-likeness (QED) is 0.831. The van der Waals surface area contributed by atoms with Gasteiger partial charge in [-0.25, -0.2) is 0 Å². The molecule has 1 N–H and O–H groups in total. The molecule has 4 rings (SSSR count). The zero-order valence-electron chi connectivity index (χ0n) is 15.2. The topological polar surface area (TPSA) is 32.3 Å². The molecule has 0 bridgehead atoms. The molecule has 1 saturated heterocycles. The Morgan fingerprint density at radius 3 is 2.64 bits per heavy atom. The number of nitrogens with zero attached hydrogens (tertiary/aromatic N) is 1. The fourth-order valence-electron chi connectivity index (χ4n) is 4.80. The van der Waals surface area contributed by atoms with Gasteiger partial charge in [0.05, 0.1) is 6.54 Å². The van der Waals surface area contributed by atoms with E-state index < -0.39 is 0 Å². The summed E-state index contributed by atoms with van der Waals surface area (Å²) >= 11 is 0. The highest BCUT2D eigenvalue weighted by molar-refractivity contribution is 5.78. The number of carbonyl (C=O) groups is 1. The van der Waals surface area contributed by atoms with Gasteiger partial charge in [-0.3, -0.25) is 9.69 Å². The highest BCUT2D eigenvalue weighted by atomic mass is 16.2. The number of amides is 1. The number of nitrogens with one attached hydrogen (secondary N) is 1. The number of benzene rings is 1. The van der Waals surface area contributed by atoms with Gasteiger partial charge in [-0.05, 0) is 62.5 Å². The number of hydrogen-bond acceptors (Lipinski definition) is 2. The number of rotatable bonds is 5. The van der Waals surface area contributed by atoms with Gasteiger partial charge in [0.1, 0.15) is 0 Å². The molecule has 3 heteroatoms. The second kappa shape index (κ2) is 6.95. The maximum absolute atomic E-state index is 12.5. The molecule has 3 nitrogen and oxygen atoms in total. The van der Waals surface area contributed by atoms with Crippen molar-refractivity contribution < 1.29 is 4.79 Å². The van der Waals surface area contributed by atoms with Crippen LogP contribution in [-0.4, -0.2) is 37.0 Å². The molecule has 0 radical (unpaired) electrons. The van der Waals surface area contributed by atoms with Gasteiger partial charge in [-0.15, -0.1) is 0 Å². The van der Waals surface area contributed by atoms with E-state index in [0.29, 0.717) is 12.0 Å². The smallest absolute Gasteiger partial charge is 0.234 e. The fraction of sp³-hybridized carbons (Fsp3) is 0.591. The first-order valence-electron chi connectivity index (χ1n) is 9.90. The third-order valence-electron chi connectivity index (χ3n) is 6.53. The molecule has 1 aromatic rings. The van der Waals surface area contributed by atoms with Crippen LogP contribution in [0.5, 0.6) is 0 Å². The van der Waals surface area contributed by atoms with Crippen LogP contribution in [0.25, 0.3) is 0 Å². The number of carbonyl (C=O) groups excluding carboxylic acids is 1. The third kappa shape index (κ3) is 3.82. The van der Waals surface area contributed by atoms with E-state index in [-0.39, 0.29) is 11.3 Å². The van der Waals surface area contributed by atoms with E-state index in [2.05, 4.69) is 52.7 Å². The number of allylic oxidation sites excluding steroid dienone is 2. The van der Waals surface area contributed by atoms with Crippen molar-refractivity contribution in [3.05, 3.63) is 48.0 Å². The zero-order valence-corrected chi connectivity index (χ0v) is 15.2. The molecule has 1 atom stereocenters. The van der Waals surface area contributed by atoms with Crippen LogP contribution in [-0.2, 0) is 10.2 Å². The van der Waals surface area contributed by atoms with Crippen LogP contribution in [0.3, 0.4) is 0 Å². The third-order valence-corrected chi connectivity index (χ3v) is 6.53. The molecule has 0 unspecified atom stereocenters. The zero-order chi connectivity index (χ0) is 17.2. The van der Waals surface area contributed by atoms with Gasteiger partial charge in [0.25, 0.3) is 0 Å². The Morgan fingerprint density at radius 2 is 1.92 bits per heavy atom. The van der Waals surface area contributed by atoms with Crippen LogP contribution >= 0.6 is 0 Å². The van der Waals surface area contributed by atoms with E-state index in [1.54, 1.807) is 0 Å². The predicted octanol–water partition coefficient (Wildman–Crippen LogP) is 3.66. The Hall–Kier alpha value is -1.61. The van der Waals surface area contributed by atoms with Gasteiger partial charge in [0.2, 0.25) is 5.91 Å². The van der Waals surface area contributed by atoms with Gasteiger partial charge >= 0.3 is 0 Å². The van der Waals surface area contributed by atoms with E-state index in [0.717, 1.165) is 19.6 Å². The van der Waals surface area contributed by atoms with Crippen LogP contribution in [0, 0.1) is 5.41 Å². The number of piperidine rings is 1. The maximum Gasteiger partial charge on any atom is 0.234 e. The molecule has 25 heavy (non-hydrogen) atoms. The van der Waals surface area contributed by atoms with Crippen molar-refractivity contribution in [2.45, 2.75) is 50.4 Å². The summed E-state index contributed by atoms with van der Waals surface area (Å²) in [4.78, 5) is 14.9. The molecule has 0 aromatic heterocycles. The second-order valence-electron chi connectivity index (χ2n) is 8.45. The van der Waals surface area contributed by atoms with Crippen molar-refractivity contribution in [2.24, 2.45) is 5.41 Å². The second-order valence-corrected chi connectivity index (χ2v) is 8.45. The molecular weight excluding hydrogens is 308 g/mol. The largest absolute Gasteiger partial charge is 0.354 e. The summed E-state index contributed by atoms with van der Waals surface area (Å²) in [5.41, 5.74) is 2.02. The van der Waals surface area contributed by atoms with E-state index in [1.807, 2.05) is 0 Å². The van der Waals surface area contributed by atoms with Crippen molar-refractivity contribution in [1.29, 1.82) is 0 Å². The van der Waals surface area contributed by atoms with Gasteiger partial charge in [-0.1, -0.05) is 42.5 Å². The van der Waals surface area contributed by atoms with Crippen molar-refractivity contribution in [2.75, 3.05) is 26.2 Å². The summed E-state index contributed by atoms with van der Waals surface area (Å²) in [7, 11) is 0. The Balaban J connectivity index is 1.29. The van der Waals surface area contributed by atoms with Crippen LogP contribution in [0.4, 0.5) is 0 Å². The lowest BCUT2D eigenvalue weighted by Crippen LogP contribution is -2.48. The van der Waals surface area contributed by atoms with Gasteiger partial charge in [0, 0.05) is 18.5 Å². The average molecular weight is 338 g/mol. The summed E-state index contributed by atoms with van der Waals surface area (Å²) in [6.07, 6.45) is 13.3. The predicted molar refractivity (Wildman–Crippen MR) is 101 cm³/mol. The van der Waals surface area contributed by atoms with E-state index in [9.17, 15) is 4.79 Å². The summed E-state index contributed by atoms with van der Waals surface area (Å²) in [5, 5.41) is 3.23. The molecule has 1 amide bonds. The van der Waals surface area contributed by atoms with Crippen LogP contribution < -0.4 is 5.32 Å². The summed E-state index contributed by atoms with van der Waals surface area (Å²) < 4.78 is 0. The lowest BCUT2D eigenvalue weighted by atomic mass is 9.71. The van der Waals surface area contributed by atoms with Gasteiger partial charge in [-0.2, -0.15) is 0 Å². The van der Waals surface area contributed by atoms with Crippen molar-refractivity contribution in [3.63, 3.8) is 0 Å². The van der Waals surface area contributed by atoms with Crippen LogP contribution in [0.1, 0.15) is 50.5 Å². The molecule has 1 aliphatic heterocycles. The minimum atomic E-state index is 0.200. The molecule has 1 saturated carbocycles. The number of hydrogen-bond donors (Lipinski definition) is 1. The van der Waals surface area contributed by atoms with Crippen molar-refractivity contribution in [1.82, 2.24) is 10.2 Å². The molecule has 2 aliphatic carbocycles.